The summed E-state index contributed by atoms with van der Waals surface area (Å²) in [5, 5.41) is 10.7. The summed E-state index contributed by atoms with van der Waals surface area (Å²) in [5.41, 5.74) is 0.216. The number of benzene rings is 1. The van der Waals surface area contributed by atoms with E-state index in [-0.39, 0.29) is 6.29 Å². The average Bonchev–Trinajstić information content (AvgIpc) is 2.94. The third kappa shape index (κ3) is 3.27. The van der Waals surface area contributed by atoms with Crippen molar-refractivity contribution in [3.05, 3.63) is 33.8 Å². The van der Waals surface area contributed by atoms with Crippen molar-refractivity contribution in [3.8, 4) is 6.07 Å². The minimum Gasteiger partial charge on any atom is -0.350 e. The molecule has 1 fully saturated rings. The maximum absolute atomic E-state index is 9.74. The van der Waals surface area contributed by atoms with Gasteiger partial charge in [0, 0.05) is 6.42 Å². The molecular weight excluding hydrogens is 297 g/mol. The second-order valence-corrected chi connectivity index (χ2v) is 5.76. The van der Waals surface area contributed by atoms with Crippen molar-refractivity contribution in [2.24, 2.45) is 0 Å². The van der Waals surface area contributed by atoms with Crippen LogP contribution in [-0.4, -0.2) is 19.5 Å². The lowest BCUT2D eigenvalue weighted by Crippen LogP contribution is -2.30. The molecule has 0 N–H and O–H groups in total. The van der Waals surface area contributed by atoms with E-state index >= 15 is 0 Å². The number of hydrogen-bond acceptors (Lipinski definition) is 3. The molecule has 0 radical (unpaired) electrons. The van der Waals surface area contributed by atoms with Gasteiger partial charge in [-0.3, -0.25) is 0 Å². The summed E-state index contributed by atoms with van der Waals surface area (Å²) in [6.07, 6.45) is 1.80. The fourth-order valence-electron chi connectivity index (χ4n) is 2.56. The largest absolute Gasteiger partial charge is 0.350 e. The van der Waals surface area contributed by atoms with Crippen LogP contribution < -0.4 is 0 Å². The smallest absolute Gasteiger partial charge is 0.159 e. The number of halogens is 2. The van der Waals surface area contributed by atoms with Crippen LogP contribution in [0.3, 0.4) is 0 Å². The van der Waals surface area contributed by atoms with Crippen molar-refractivity contribution in [2.45, 2.75) is 37.9 Å². The first-order valence-electron chi connectivity index (χ1n) is 6.71. The molecule has 20 heavy (non-hydrogen) atoms. The lowest BCUT2D eigenvalue weighted by molar-refractivity contribution is -0.0573. The minimum absolute atomic E-state index is 0.323. The highest BCUT2D eigenvalue weighted by atomic mass is 35.5. The highest BCUT2D eigenvalue weighted by molar-refractivity contribution is 6.42. The Balaban J connectivity index is 2.33. The van der Waals surface area contributed by atoms with Crippen LogP contribution in [0.15, 0.2) is 18.2 Å². The summed E-state index contributed by atoms with van der Waals surface area (Å²) in [5.74, 6) is 0. The van der Waals surface area contributed by atoms with Crippen LogP contribution in [0.1, 0.15) is 31.7 Å². The first-order chi connectivity index (χ1) is 9.61. The van der Waals surface area contributed by atoms with E-state index in [1.165, 1.54) is 0 Å². The van der Waals surface area contributed by atoms with Gasteiger partial charge in [0.15, 0.2) is 6.29 Å². The van der Waals surface area contributed by atoms with E-state index in [1.54, 1.807) is 12.1 Å². The van der Waals surface area contributed by atoms with Crippen LogP contribution in [0.4, 0.5) is 0 Å². The van der Waals surface area contributed by atoms with Crippen molar-refractivity contribution < 1.29 is 9.47 Å². The van der Waals surface area contributed by atoms with Gasteiger partial charge < -0.3 is 9.47 Å². The second-order valence-electron chi connectivity index (χ2n) is 4.95. The normalized spacial score (nSPS) is 18.7. The molecule has 1 aromatic carbocycles. The fourth-order valence-corrected chi connectivity index (χ4v) is 2.86. The van der Waals surface area contributed by atoms with Gasteiger partial charge in [-0.05, 0) is 24.1 Å². The van der Waals surface area contributed by atoms with Gasteiger partial charge in [-0.1, -0.05) is 42.6 Å². The highest BCUT2D eigenvalue weighted by Crippen LogP contribution is 2.38. The molecule has 5 heteroatoms. The van der Waals surface area contributed by atoms with E-state index in [1.807, 2.05) is 6.07 Å². The summed E-state index contributed by atoms with van der Waals surface area (Å²) in [6.45, 7) is 3.22. The molecule has 2 rings (SSSR count). The minimum atomic E-state index is -0.655. The Labute approximate surface area is 129 Å². The Kier molecular flexibility index (Phi) is 5.29. The van der Waals surface area contributed by atoms with Gasteiger partial charge in [-0.25, -0.2) is 0 Å². The third-order valence-electron chi connectivity index (χ3n) is 3.57. The van der Waals surface area contributed by atoms with E-state index in [4.69, 9.17) is 32.7 Å². The summed E-state index contributed by atoms with van der Waals surface area (Å²) in [7, 11) is 0. The number of nitrogens with zero attached hydrogens (tertiary/aromatic N) is 1. The predicted molar refractivity (Wildman–Crippen MR) is 79.0 cm³/mol. The maximum Gasteiger partial charge on any atom is 0.159 e. The van der Waals surface area contributed by atoms with E-state index in [9.17, 15) is 5.26 Å². The molecule has 1 saturated heterocycles. The van der Waals surface area contributed by atoms with Crippen LogP contribution in [0.25, 0.3) is 0 Å². The van der Waals surface area contributed by atoms with E-state index in [0.717, 1.165) is 18.4 Å². The number of nitriles is 1. The topological polar surface area (TPSA) is 42.2 Å². The van der Waals surface area contributed by atoms with Gasteiger partial charge in [0.05, 0.1) is 34.7 Å². The summed E-state index contributed by atoms with van der Waals surface area (Å²) >= 11 is 12.0. The van der Waals surface area contributed by atoms with E-state index < -0.39 is 5.41 Å². The molecule has 0 aromatic heterocycles. The van der Waals surface area contributed by atoms with Crippen molar-refractivity contribution >= 4 is 23.2 Å². The van der Waals surface area contributed by atoms with Crippen LogP contribution in [-0.2, 0) is 14.9 Å². The van der Waals surface area contributed by atoms with Gasteiger partial charge in [0.2, 0.25) is 0 Å². The summed E-state index contributed by atoms with van der Waals surface area (Å²) < 4.78 is 11.0. The first-order valence-corrected chi connectivity index (χ1v) is 7.47. The standard InChI is InChI=1S/C15H17Cl2NO2/c1-2-5-15(10-18,9-14-19-6-7-20-14)11-3-4-12(16)13(17)8-11/h3-4,8,14H,2,5-7,9H2,1H3/t15-/m1/s1. The Morgan fingerprint density at radius 1 is 1.30 bits per heavy atom. The lowest BCUT2D eigenvalue weighted by atomic mass is 9.75. The molecule has 0 spiro atoms. The molecule has 1 heterocycles. The van der Waals surface area contributed by atoms with Crippen LogP contribution in [0.2, 0.25) is 10.0 Å². The second kappa shape index (κ2) is 6.78. The van der Waals surface area contributed by atoms with Gasteiger partial charge in [0.25, 0.3) is 0 Å². The van der Waals surface area contributed by atoms with Gasteiger partial charge in [-0.15, -0.1) is 0 Å². The quantitative estimate of drug-likeness (QED) is 0.813. The molecule has 1 aliphatic heterocycles. The van der Waals surface area contributed by atoms with Crippen molar-refractivity contribution in [2.75, 3.05) is 13.2 Å². The zero-order valence-electron chi connectivity index (χ0n) is 11.4. The lowest BCUT2D eigenvalue weighted by Gasteiger charge is -2.29. The number of hydrogen-bond donors (Lipinski definition) is 0. The molecule has 0 unspecified atom stereocenters. The summed E-state index contributed by atoms with van der Waals surface area (Å²) in [4.78, 5) is 0. The summed E-state index contributed by atoms with van der Waals surface area (Å²) in [6, 6.07) is 7.82. The molecule has 3 nitrogen and oxygen atoms in total. The fraction of sp³-hybridized carbons (Fsp3) is 0.533. The number of rotatable bonds is 5. The van der Waals surface area contributed by atoms with Gasteiger partial charge >= 0.3 is 0 Å². The van der Waals surface area contributed by atoms with Crippen molar-refractivity contribution in [3.63, 3.8) is 0 Å². The molecule has 1 aromatic rings. The first kappa shape index (κ1) is 15.6. The van der Waals surface area contributed by atoms with E-state index in [2.05, 4.69) is 13.0 Å². The molecular formula is C15H17Cl2NO2. The third-order valence-corrected chi connectivity index (χ3v) is 4.31. The van der Waals surface area contributed by atoms with Crippen molar-refractivity contribution in [1.29, 1.82) is 5.26 Å². The maximum atomic E-state index is 9.74. The zero-order valence-corrected chi connectivity index (χ0v) is 12.9. The number of ether oxygens (including phenoxy) is 2. The Bertz CT molecular complexity index is 509. The Hall–Kier alpha value is -0.790. The predicted octanol–water partition coefficient (Wildman–Crippen LogP) is 4.32. The van der Waals surface area contributed by atoms with Crippen molar-refractivity contribution in [1.82, 2.24) is 0 Å². The van der Waals surface area contributed by atoms with Gasteiger partial charge in [-0.2, -0.15) is 5.26 Å². The van der Waals surface area contributed by atoms with Crippen LogP contribution in [0, 0.1) is 11.3 Å². The molecule has 0 aliphatic carbocycles. The van der Waals surface area contributed by atoms with Crippen LogP contribution in [0.5, 0.6) is 0 Å². The molecule has 108 valence electrons. The molecule has 0 saturated carbocycles. The van der Waals surface area contributed by atoms with E-state index in [0.29, 0.717) is 29.7 Å². The average molecular weight is 314 g/mol. The highest BCUT2D eigenvalue weighted by Gasteiger charge is 2.36. The molecule has 0 bridgehead atoms. The SMILES string of the molecule is CCC[C@](C#N)(CC1OCCO1)c1ccc(Cl)c(Cl)c1. The van der Waals surface area contributed by atoms with Crippen LogP contribution >= 0.6 is 23.2 Å². The zero-order chi connectivity index (χ0) is 14.6. The molecule has 0 amide bonds. The molecule has 1 aliphatic rings. The monoisotopic (exact) mass is 313 g/mol. The molecule has 1 atom stereocenters. The Morgan fingerprint density at radius 2 is 2.00 bits per heavy atom. The van der Waals surface area contributed by atoms with Gasteiger partial charge in [0.1, 0.15) is 0 Å². The Morgan fingerprint density at radius 3 is 2.55 bits per heavy atom.